The van der Waals surface area contributed by atoms with Crippen LogP contribution in [-0.2, 0) is 12.8 Å². The molecule has 22 heavy (non-hydrogen) atoms. The molecule has 0 saturated carbocycles. The maximum Gasteiger partial charge on any atom is 0.126 e. The Kier molecular flexibility index (Phi) is 3.49. The molecule has 0 radical (unpaired) electrons. The Morgan fingerprint density at radius 1 is 1.27 bits per heavy atom. The largest absolute Gasteiger partial charge is 0.368 e. The smallest absolute Gasteiger partial charge is 0.126 e. The minimum absolute atomic E-state index is 0.202. The van der Waals surface area contributed by atoms with Gasteiger partial charge in [-0.3, -0.25) is 0 Å². The molecule has 4 heteroatoms. The molecule has 0 amide bonds. The van der Waals surface area contributed by atoms with Crippen LogP contribution in [0.2, 0.25) is 0 Å². The lowest BCUT2D eigenvalue weighted by Gasteiger charge is -2.14. The van der Waals surface area contributed by atoms with Crippen molar-refractivity contribution in [2.45, 2.75) is 44.8 Å². The van der Waals surface area contributed by atoms with Crippen molar-refractivity contribution < 1.29 is 4.39 Å². The van der Waals surface area contributed by atoms with E-state index in [2.05, 4.69) is 35.8 Å². The van der Waals surface area contributed by atoms with Crippen LogP contribution in [0.15, 0.2) is 18.2 Å². The van der Waals surface area contributed by atoms with E-state index < -0.39 is 6.17 Å². The van der Waals surface area contributed by atoms with Gasteiger partial charge >= 0.3 is 0 Å². The Morgan fingerprint density at radius 2 is 2.09 bits per heavy atom. The molecule has 1 aromatic heterocycles. The minimum atomic E-state index is -0.708. The summed E-state index contributed by atoms with van der Waals surface area (Å²) in [5.74, 6) is 0.895. The van der Waals surface area contributed by atoms with Gasteiger partial charge in [-0.1, -0.05) is 0 Å². The molecule has 1 aliphatic carbocycles. The molecule has 1 aliphatic heterocycles. The van der Waals surface area contributed by atoms with Crippen molar-refractivity contribution in [3.05, 3.63) is 34.9 Å². The zero-order chi connectivity index (χ0) is 15.1. The van der Waals surface area contributed by atoms with Crippen molar-refractivity contribution in [1.29, 1.82) is 0 Å². The normalized spacial score (nSPS) is 23.9. The number of nitrogens with one attached hydrogen (secondary N) is 2. The van der Waals surface area contributed by atoms with E-state index >= 15 is 0 Å². The van der Waals surface area contributed by atoms with Crippen molar-refractivity contribution in [1.82, 2.24) is 10.3 Å². The van der Waals surface area contributed by atoms with E-state index in [-0.39, 0.29) is 6.04 Å². The molecule has 2 aliphatic rings. The van der Waals surface area contributed by atoms with Gasteiger partial charge in [-0.25, -0.2) is 9.37 Å². The summed E-state index contributed by atoms with van der Waals surface area (Å²) in [6.07, 6.45) is 3.51. The monoisotopic (exact) mass is 299 g/mol. The molecule has 1 aromatic carbocycles. The maximum absolute atomic E-state index is 13.2. The number of anilines is 1. The number of alkyl halides is 1. The lowest BCUT2D eigenvalue weighted by Crippen LogP contribution is -2.29. The summed E-state index contributed by atoms with van der Waals surface area (Å²) in [5, 5.41) is 7.82. The predicted molar refractivity (Wildman–Crippen MR) is 88.3 cm³/mol. The number of nitrogens with zero attached hydrogens (tertiary/aromatic N) is 1. The van der Waals surface area contributed by atoms with Gasteiger partial charge in [0.05, 0.1) is 5.52 Å². The third-order valence-corrected chi connectivity index (χ3v) is 4.93. The van der Waals surface area contributed by atoms with Crippen LogP contribution < -0.4 is 10.6 Å². The first kappa shape index (κ1) is 13.9. The molecule has 1 fully saturated rings. The highest BCUT2D eigenvalue weighted by Crippen LogP contribution is 2.29. The van der Waals surface area contributed by atoms with Gasteiger partial charge in [0.2, 0.25) is 0 Å². The number of benzene rings is 1. The quantitative estimate of drug-likeness (QED) is 0.914. The zero-order valence-electron chi connectivity index (χ0n) is 13.0. The third kappa shape index (κ3) is 2.56. The van der Waals surface area contributed by atoms with Crippen LogP contribution in [0.4, 0.5) is 10.2 Å². The van der Waals surface area contributed by atoms with E-state index in [1.165, 1.54) is 41.3 Å². The van der Waals surface area contributed by atoms with Crippen LogP contribution in [-0.4, -0.2) is 30.3 Å². The van der Waals surface area contributed by atoms with E-state index in [1.807, 2.05) is 0 Å². The molecule has 0 bridgehead atoms. The molecule has 0 unspecified atom stereocenters. The fourth-order valence-corrected chi connectivity index (χ4v) is 3.71. The minimum Gasteiger partial charge on any atom is -0.368 e. The molecule has 0 spiro atoms. The van der Waals surface area contributed by atoms with Crippen LogP contribution in [0.1, 0.15) is 29.5 Å². The summed E-state index contributed by atoms with van der Waals surface area (Å²) >= 11 is 0. The summed E-state index contributed by atoms with van der Waals surface area (Å²) in [4.78, 5) is 4.76. The number of fused-ring (bicyclic) bond motifs is 2. The Morgan fingerprint density at radius 3 is 2.86 bits per heavy atom. The second-order valence-corrected chi connectivity index (χ2v) is 6.64. The Bertz CT molecular complexity index is 713. The summed E-state index contributed by atoms with van der Waals surface area (Å²) in [6, 6.07) is 6.87. The van der Waals surface area contributed by atoms with Crippen LogP contribution >= 0.6 is 0 Å². The van der Waals surface area contributed by atoms with Crippen molar-refractivity contribution >= 4 is 16.7 Å². The fraction of sp³-hybridized carbons (Fsp3) is 0.500. The molecule has 2 heterocycles. The van der Waals surface area contributed by atoms with Crippen LogP contribution in [0.3, 0.4) is 0 Å². The first-order chi connectivity index (χ1) is 10.7. The van der Waals surface area contributed by atoms with Crippen LogP contribution in [0.25, 0.3) is 10.9 Å². The summed E-state index contributed by atoms with van der Waals surface area (Å²) in [7, 11) is 0. The Hall–Kier alpha value is -1.68. The molecule has 2 atom stereocenters. The standard InChI is InChI=1S/C18H22FN3/c1-11-5-18(21-10-15-8-14(19)9-20-15)22-17-7-13-4-2-3-12(13)6-16(11)17/h5-7,14-15,20H,2-4,8-10H2,1H3,(H,21,22)/t14-,15-/m0/s1. The average Bonchev–Trinajstić information content (AvgIpc) is 3.11. The van der Waals surface area contributed by atoms with Gasteiger partial charge in [0.25, 0.3) is 0 Å². The fourth-order valence-electron chi connectivity index (χ4n) is 3.71. The van der Waals surface area contributed by atoms with Crippen LogP contribution in [0, 0.1) is 6.92 Å². The lowest BCUT2D eigenvalue weighted by atomic mass is 10.0. The van der Waals surface area contributed by atoms with Gasteiger partial charge < -0.3 is 10.6 Å². The number of aryl methyl sites for hydroxylation is 3. The molecule has 116 valence electrons. The highest BCUT2D eigenvalue weighted by Gasteiger charge is 2.23. The first-order valence-corrected chi connectivity index (χ1v) is 8.23. The predicted octanol–water partition coefficient (Wildman–Crippen LogP) is 3.14. The van der Waals surface area contributed by atoms with E-state index in [4.69, 9.17) is 4.98 Å². The van der Waals surface area contributed by atoms with Gasteiger partial charge in [0.1, 0.15) is 12.0 Å². The van der Waals surface area contributed by atoms with Gasteiger partial charge in [-0.15, -0.1) is 0 Å². The van der Waals surface area contributed by atoms with Crippen molar-refractivity contribution in [2.24, 2.45) is 0 Å². The van der Waals surface area contributed by atoms with Crippen LogP contribution in [0.5, 0.6) is 0 Å². The second kappa shape index (κ2) is 5.51. The maximum atomic E-state index is 13.2. The molecule has 4 rings (SSSR count). The van der Waals surface area contributed by atoms with Crippen molar-refractivity contribution in [2.75, 3.05) is 18.4 Å². The van der Waals surface area contributed by atoms with E-state index in [1.54, 1.807) is 0 Å². The zero-order valence-corrected chi connectivity index (χ0v) is 13.0. The number of halogens is 1. The van der Waals surface area contributed by atoms with Gasteiger partial charge in [-0.2, -0.15) is 0 Å². The molecular weight excluding hydrogens is 277 g/mol. The number of pyridine rings is 1. The Labute approximate surface area is 130 Å². The molecule has 3 nitrogen and oxygen atoms in total. The third-order valence-electron chi connectivity index (χ3n) is 4.93. The van der Waals surface area contributed by atoms with Gasteiger partial charge in [0.15, 0.2) is 0 Å². The highest BCUT2D eigenvalue weighted by atomic mass is 19.1. The number of hydrogen-bond donors (Lipinski definition) is 2. The van der Waals surface area contributed by atoms with Gasteiger partial charge in [0, 0.05) is 24.5 Å². The lowest BCUT2D eigenvalue weighted by molar-refractivity contribution is 0.356. The SMILES string of the molecule is Cc1cc(NC[C@@H]2C[C@H](F)CN2)nc2cc3c(cc12)CCC3. The van der Waals surface area contributed by atoms with E-state index in [0.717, 1.165) is 17.9 Å². The number of hydrogen-bond acceptors (Lipinski definition) is 3. The summed E-state index contributed by atoms with van der Waals surface area (Å²) < 4.78 is 13.2. The van der Waals surface area contributed by atoms with E-state index in [9.17, 15) is 4.39 Å². The van der Waals surface area contributed by atoms with E-state index in [0.29, 0.717) is 13.0 Å². The molecule has 2 N–H and O–H groups in total. The highest BCUT2D eigenvalue weighted by molar-refractivity contribution is 5.85. The summed E-state index contributed by atoms with van der Waals surface area (Å²) in [6.45, 7) is 3.34. The first-order valence-electron chi connectivity index (χ1n) is 8.23. The molecular formula is C18H22FN3. The average molecular weight is 299 g/mol. The number of rotatable bonds is 3. The number of aromatic nitrogens is 1. The molecule has 1 saturated heterocycles. The van der Waals surface area contributed by atoms with Gasteiger partial charge in [-0.05, 0) is 67.5 Å². The molecule has 2 aromatic rings. The summed E-state index contributed by atoms with van der Waals surface area (Å²) in [5.41, 5.74) is 5.27. The topological polar surface area (TPSA) is 37.0 Å². The van der Waals surface area contributed by atoms with Crippen molar-refractivity contribution in [3.63, 3.8) is 0 Å². The second-order valence-electron chi connectivity index (χ2n) is 6.64. The van der Waals surface area contributed by atoms with Crippen molar-refractivity contribution in [3.8, 4) is 0 Å². The Balaban J connectivity index is 1.58.